The van der Waals surface area contributed by atoms with E-state index in [2.05, 4.69) is 46.0 Å². The average Bonchev–Trinajstić information content (AvgIpc) is 3.47. The van der Waals surface area contributed by atoms with Crippen LogP contribution in [0.1, 0.15) is 21.7 Å². The van der Waals surface area contributed by atoms with Crippen LogP contribution in [0.5, 0.6) is 5.75 Å². The van der Waals surface area contributed by atoms with Crippen molar-refractivity contribution in [3.05, 3.63) is 47.5 Å². The highest BCUT2D eigenvalue weighted by molar-refractivity contribution is 7.98. The maximum Gasteiger partial charge on any atom is 0.293 e. The summed E-state index contributed by atoms with van der Waals surface area (Å²) in [5.74, 6) is -0.120. The summed E-state index contributed by atoms with van der Waals surface area (Å²) in [5.41, 5.74) is 9.24. The molecule has 0 aliphatic carbocycles. The number of carbonyl (C=O) groups is 1. The van der Waals surface area contributed by atoms with Crippen molar-refractivity contribution in [3.63, 3.8) is 0 Å². The molecule has 0 fully saturated rings. The maximum absolute atomic E-state index is 12.7. The molecule has 31 heavy (non-hydrogen) atoms. The van der Waals surface area contributed by atoms with Crippen LogP contribution in [0.25, 0.3) is 5.82 Å². The van der Waals surface area contributed by atoms with Gasteiger partial charge in [-0.15, -0.1) is 15.3 Å². The number of aromatic nitrogens is 8. The Morgan fingerprint density at radius 2 is 2.13 bits per heavy atom. The number of nitrogens with two attached hydrogens (primary N) is 1. The van der Waals surface area contributed by atoms with Crippen LogP contribution in [0.3, 0.4) is 0 Å². The van der Waals surface area contributed by atoms with Gasteiger partial charge in [-0.25, -0.2) is 10.1 Å². The van der Waals surface area contributed by atoms with E-state index in [0.29, 0.717) is 16.4 Å². The third-order valence-electron chi connectivity index (χ3n) is 3.96. The van der Waals surface area contributed by atoms with E-state index < -0.39 is 5.91 Å². The minimum absolute atomic E-state index is 0.00730. The zero-order valence-electron chi connectivity index (χ0n) is 15.9. The van der Waals surface area contributed by atoms with Gasteiger partial charge < -0.3 is 15.4 Å². The van der Waals surface area contributed by atoms with Crippen LogP contribution in [0.2, 0.25) is 0 Å². The number of anilines is 1. The van der Waals surface area contributed by atoms with E-state index in [-0.39, 0.29) is 28.8 Å². The highest BCUT2D eigenvalue weighted by atomic mass is 32.2. The molecule has 4 N–H and O–H groups in total. The summed E-state index contributed by atoms with van der Waals surface area (Å²) >= 11 is 1.31. The quantitative estimate of drug-likeness (QED) is 0.201. The lowest BCUT2D eigenvalue weighted by molar-refractivity contribution is 0.0949. The monoisotopic (exact) mass is 441 g/mol. The van der Waals surface area contributed by atoms with Crippen LogP contribution in [-0.4, -0.2) is 57.3 Å². The Balaban J connectivity index is 1.57. The summed E-state index contributed by atoms with van der Waals surface area (Å²) < 4.78 is 7.63. The molecule has 0 spiro atoms. The lowest BCUT2D eigenvalue weighted by Gasteiger charge is -2.05. The van der Waals surface area contributed by atoms with Crippen LogP contribution < -0.4 is 11.2 Å². The van der Waals surface area contributed by atoms with E-state index in [4.69, 9.17) is 5.73 Å². The van der Waals surface area contributed by atoms with E-state index in [0.717, 1.165) is 0 Å². The lowest BCUT2D eigenvalue weighted by atomic mass is 10.2. The normalized spacial score (nSPS) is 11.3. The Hall–Kier alpha value is -4.27. The number of aryl methyl sites for hydroxylation is 1. The van der Waals surface area contributed by atoms with Gasteiger partial charge in [-0.1, -0.05) is 17.0 Å². The number of phenols is 1. The molecule has 1 amide bonds. The summed E-state index contributed by atoms with van der Waals surface area (Å²) in [6.07, 6.45) is 2.98. The largest absolute Gasteiger partial charge is 0.508 e. The van der Waals surface area contributed by atoms with Crippen LogP contribution >= 0.6 is 11.8 Å². The standard InChI is InChI=1S/C16H15N11O3S/c1-26-8-19-22-16(26)31-7-11-12(20-25-27(11)14-13(17)23-30-24-14)15(29)21-18-6-9-2-4-10(28)5-3-9/h2-6,8,28H,7H2,1H3,(H2,17,23)(H,21,29)/b18-6+. The van der Waals surface area contributed by atoms with Crippen molar-refractivity contribution in [3.8, 4) is 11.6 Å². The summed E-state index contributed by atoms with van der Waals surface area (Å²) in [4.78, 5) is 12.7. The summed E-state index contributed by atoms with van der Waals surface area (Å²) in [7, 11) is 1.79. The molecule has 0 saturated carbocycles. The number of rotatable bonds is 7. The van der Waals surface area contributed by atoms with Crippen molar-refractivity contribution in [1.82, 2.24) is 45.5 Å². The molecule has 0 bridgehead atoms. The Morgan fingerprint density at radius 1 is 1.32 bits per heavy atom. The van der Waals surface area contributed by atoms with Gasteiger partial charge in [0.2, 0.25) is 11.6 Å². The van der Waals surface area contributed by atoms with Crippen molar-refractivity contribution in [1.29, 1.82) is 0 Å². The van der Waals surface area contributed by atoms with Gasteiger partial charge in [-0.3, -0.25) is 4.79 Å². The first kappa shape index (κ1) is 20.0. The van der Waals surface area contributed by atoms with Crippen LogP contribution in [0.4, 0.5) is 5.82 Å². The van der Waals surface area contributed by atoms with E-state index in [1.807, 2.05) is 0 Å². The Morgan fingerprint density at radius 3 is 2.81 bits per heavy atom. The first-order chi connectivity index (χ1) is 15.0. The SMILES string of the molecule is Cn1cnnc1SCc1c(C(=O)N/N=C/c2ccc(O)cc2)nnn1-c1nonc1N. The molecule has 158 valence electrons. The van der Waals surface area contributed by atoms with Gasteiger partial charge >= 0.3 is 0 Å². The van der Waals surface area contributed by atoms with E-state index in [9.17, 15) is 9.90 Å². The van der Waals surface area contributed by atoms with Crippen LogP contribution in [-0.2, 0) is 12.8 Å². The highest BCUT2D eigenvalue weighted by Crippen LogP contribution is 2.24. The second-order valence-electron chi connectivity index (χ2n) is 6.07. The summed E-state index contributed by atoms with van der Waals surface area (Å²) in [5, 5.41) is 36.8. The number of nitrogens with one attached hydrogen (secondary N) is 1. The Bertz CT molecular complexity index is 1230. The van der Waals surface area contributed by atoms with Gasteiger partial charge in [-0.05, 0) is 40.1 Å². The van der Waals surface area contributed by atoms with Gasteiger partial charge in [-0.2, -0.15) is 9.78 Å². The molecule has 14 nitrogen and oxygen atoms in total. The average molecular weight is 441 g/mol. The van der Waals surface area contributed by atoms with Crippen molar-refractivity contribution < 1.29 is 14.5 Å². The maximum atomic E-state index is 12.7. The fourth-order valence-corrected chi connectivity index (χ4v) is 3.31. The van der Waals surface area contributed by atoms with Gasteiger partial charge in [0.1, 0.15) is 12.1 Å². The molecular weight excluding hydrogens is 426 g/mol. The molecule has 0 radical (unpaired) electrons. The summed E-state index contributed by atoms with van der Waals surface area (Å²) in [6, 6.07) is 6.30. The fraction of sp³-hybridized carbons (Fsp3) is 0.125. The number of nitrogens with zero attached hydrogens (tertiary/aromatic N) is 9. The third kappa shape index (κ3) is 4.35. The molecule has 0 aliphatic rings. The predicted molar refractivity (Wildman–Crippen MR) is 107 cm³/mol. The molecule has 15 heteroatoms. The number of carbonyl (C=O) groups excluding carboxylic acids is 1. The van der Waals surface area contributed by atoms with Gasteiger partial charge in [0.15, 0.2) is 10.9 Å². The predicted octanol–water partition coefficient (Wildman–Crippen LogP) is 0.123. The minimum Gasteiger partial charge on any atom is -0.508 e. The molecule has 4 rings (SSSR count). The van der Waals surface area contributed by atoms with Gasteiger partial charge in [0.25, 0.3) is 5.91 Å². The molecule has 3 aromatic heterocycles. The molecule has 3 heterocycles. The number of nitrogen functional groups attached to an aromatic ring is 1. The van der Waals surface area contributed by atoms with Crippen LogP contribution in [0, 0.1) is 0 Å². The number of thioether (sulfide) groups is 1. The van der Waals surface area contributed by atoms with Crippen molar-refractivity contribution in [2.45, 2.75) is 10.9 Å². The van der Waals surface area contributed by atoms with Crippen molar-refractivity contribution >= 4 is 29.7 Å². The van der Waals surface area contributed by atoms with Gasteiger partial charge in [0, 0.05) is 12.8 Å². The number of aromatic hydroxyl groups is 1. The lowest BCUT2D eigenvalue weighted by Crippen LogP contribution is -2.20. The number of hydrogen-bond donors (Lipinski definition) is 3. The third-order valence-corrected chi connectivity index (χ3v) is 5.00. The Labute approximate surface area is 178 Å². The molecule has 1 aromatic carbocycles. The smallest absolute Gasteiger partial charge is 0.293 e. The second-order valence-corrected chi connectivity index (χ2v) is 7.02. The van der Waals surface area contributed by atoms with Gasteiger partial charge in [0.05, 0.1) is 11.9 Å². The molecule has 0 saturated heterocycles. The first-order valence-electron chi connectivity index (χ1n) is 8.65. The van der Waals surface area contributed by atoms with Crippen molar-refractivity contribution in [2.75, 3.05) is 5.73 Å². The van der Waals surface area contributed by atoms with Crippen LogP contribution in [0.15, 0.2) is 45.5 Å². The Kier molecular flexibility index (Phi) is 5.57. The minimum atomic E-state index is -0.593. The number of hydrazone groups is 1. The molecule has 0 aliphatic heterocycles. The number of amides is 1. The highest BCUT2D eigenvalue weighted by Gasteiger charge is 2.24. The number of hydrogen-bond acceptors (Lipinski definition) is 12. The molecular formula is C16H15N11O3S. The first-order valence-corrected chi connectivity index (χ1v) is 9.63. The molecule has 0 unspecified atom stereocenters. The number of phenolic OH excluding ortho intramolecular Hbond substituents is 1. The fourth-order valence-electron chi connectivity index (χ4n) is 2.43. The van der Waals surface area contributed by atoms with E-state index in [1.165, 1.54) is 34.8 Å². The topological polar surface area (TPSA) is 188 Å². The number of benzene rings is 1. The van der Waals surface area contributed by atoms with E-state index >= 15 is 0 Å². The van der Waals surface area contributed by atoms with E-state index in [1.54, 1.807) is 30.1 Å². The zero-order valence-corrected chi connectivity index (χ0v) is 16.8. The second kappa shape index (κ2) is 8.62. The van der Waals surface area contributed by atoms with Crippen molar-refractivity contribution in [2.24, 2.45) is 12.1 Å². The summed E-state index contributed by atoms with van der Waals surface area (Å²) in [6.45, 7) is 0. The molecule has 0 atom stereocenters. The zero-order chi connectivity index (χ0) is 21.8. The molecule has 4 aromatic rings.